The molecular formula is C23H27ClN4O. The molecule has 2 aromatic rings. The molecule has 0 aliphatic carbocycles. The van der Waals surface area contributed by atoms with Crippen LogP contribution < -0.4 is 10.2 Å². The molecule has 1 aliphatic heterocycles. The van der Waals surface area contributed by atoms with Crippen molar-refractivity contribution in [1.29, 1.82) is 0 Å². The first-order valence-corrected chi connectivity index (χ1v) is 10.3. The van der Waals surface area contributed by atoms with Gasteiger partial charge in [-0.1, -0.05) is 55.8 Å². The summed E-state index contributed by atoms with van der Waals surface area (Å²) in [5, 5.41) is 3.87. The molecule has 0 atom stereocenters. The lowest BCUT2D eigenvalue weighted by molar-refractivity contribution is -0.114. The van der Waals surface area contributed by atoms with E-state index in [-0.39, 0.29) is 5.91 Å². The summed E-state index contributed by atoms with van der Waals surface area (Å²) in [6, 6.07) is 15.4. The molecule has 0 fully saturated rings. The number of carbonyl (C=O) groups excluding carboxylic acids is 1. The van der Waals surface area contributed by atoms with Crippen LogP contribution in [-0.2, 0) is 4.79 Å². The smallest absolute Gasteiger partial charge is 0.278 e. The molecule has 3 rings (SSSR count). The Morgan fingerprint density at radius 1 is 1.14 bits per heavy atom. The molecule has 152 valence electrons. The van der Waals surface area contributed by atoms with E-state index in [2.05, 4.69) is 24.1 Å². The third-order valence-corrected chi connectivity index (χ3v) is 5.32. The zero-order valence-electron chi connectivity index (χ0n) is 17.2. The van der Waals surface area contributed by atoms with Gasteiger partial charge >= 0.3 is 0 Å². The van der Waals surface area contributed by atoms with Gasteiger partial charge in [0.05, 0.1) is 11.4 Å². The highest BCUT2D eigenvalue weighted by molar-refractivity contribution is 6.32. The maximum Gasteiger partial charge on any atom is 0.278 e. The number of hydrogen-bond donors (Lipinski definition) is 1. The molecule has 5 nitrogen and oxygen atoms in total. The number of likely N-dealkylation sites (N-methyl/N-ethyl adjacent to an activating group) is 2. The van der Waals surface area contributed by atoms with Gasteiger partial charge in [0.15, 0.2) is 0 Å². The Kier molecular flexibility index (Phi) is 7.07. The van der Waals surface area contributed by atoms with E-state index in [4.69, 9.17) is 16.6 Å². The topological polar surface area (TPSA) is 47.9 Å². The zero-order chi connectivity index (χ0) is 20.8. The first-order valence-electron chi connectivity index (χ1n) is 9.93. The number of amides is 1. The number of halogens is 1. The predicted molar refractivity (Wildman–Crippen MR) is 121 cm³/mol. The fourth-order valence-corrected chi connectivity index (χ4v) is 3.51. The van der Waals surface area contributed by atoms with Crippen LogP contribution in [0.25, 0.3) is 0 Å². The minimum atomic E-state index is -0.158. The molecule has 1 amide bonds. The van der Waals surface area contributed by atoms with Gasteiger partial charge in [-0.15, -0.1) is 0 Å². The maximum absolute atomic E-state index is 13.1. The van der Waals surface area contributed by atoms with Crippen molar-refractivity contribution in [2.75, 3.05) is 38.1 Å². The van der Waals surface area contributed by atoms with Gasteiger partial charge in [-0.05, 0) is 31.3 Å². The molecule has 0 radical (unpaired) electrons. The van der Waals surface area contributed by atoms with E-state index in [9.17, 15) is 4.79 Å². The number of anilines is 1. The van der Waals surface area contributed by atoms with Gasteiger partial charge in [0.2, 0.25) is 0 Å². The second-order valence-electron chi connectivity index (χ2n) is 6.86. The van der Waals surface area contributed by atoms with Crippen LogP contribution in [0.4, 0.5) is 5.69 Å². The number of aliphatic imine (C=N–C) groups is 1. The van der Waals surface area contributed by atoms with E-state index in [1.54, 1.807) is 24.2 Å². The molecular weight excluding hydrogens is 384 g/mol. The van der Waals surface area contributed by atoms with Crippen molar-refractivity contribution in [3.8, 4) is 0 Å². The quantitative estimate of drug-likeness (QED) is 0.555. The van der Waals surface area contributed by atoms with Crippen molar-refractivity contribution in [1.82, 2.24) is 10.2 Å². The van der Waals surface area contributed by atoms with E-state index in [0.717, 1.165) is 48.7 Å². The lowest BCUT2D eigenvalue weighted by Gasteiger charge is -2.19. The SMILES string of the molecule is CCN(CC)CCNC=C1N=C(c2ccccc2)c2cc(Cl)ccc2N(C)C1=O. The number of benzene rings is 2. The molecule has 0 spiro atoms. The summed E-state index contributed by atoms with van der Waals surface area (Å²) in [5.74, 6) is -0.158. The van der Waals surface area contributed by atoms with E-state index >= 15 is 0 Å². The Balaban J connectivity index is 1.99. The Labute approximate surface area is 177 Å². The summed E-state index contributed by atoms with van der Waals surface area (Å²) in [5.41, 5.74) is 3.67. The van der Waals surface area contributed by atoms with Crippen molar-refractivity contribution in [3.63, 3.8) is 0 Å². The molecule has 0 bridgehead atoms. The molecule has 2 aromatic carbocycles. The molecule has 1 aliphatic rings. The van der Waals surface area contributed by atoms with Crippen LogP contribution in [0.2, 0.25) is 5.02 Å². The number of nitrogens with one attached hydrogen (secondary N) is 1. The highest BCUT2D eigenvalue weighted by Gasteiger charge is 2.26. The minimum absolute atomic E-state index is 0.158. The van der Waals surface area contributed by atoms with E-state index < -0.39 is 0 Å². The highest BCUT2D eigenvalue weighted by Crippen LogP contribution is 2.30. The van der Waals surface area contributed by atoms with Crippen molar-refractivity contribution < 1.29 is 4.79 Å². The van der Waals surface area contributed by atoms with Crippen LogP contribution in [0.3, 0.4) is 0 Å². The van der Waals surface area contributed by atoms with Crippen molar-refractivity contribution >= 4 is 28.9 Å². The zero-order valence-corrected chi connectivity index (χ0v) is 17.9. The Bertz CT molecular complexity index is 920. The molecule has 1 heterocycles. The third kappa shape index (κ3) is 4.86. The molecule has 0 saturated carbocycles. The van der Waals surface area contributed by atoms with Crippen LogP contribution in [0.15, 0.2) is 65.4 Å². The number of benzodiazepines with no additional fused rings is 1. The highest BCUT2D eigenvalue weighted by atomic mass is 35.5. The average molecular weight is 411 g/mol. The first-order chi connectivity index (χ1) is 14.0. The summed E-state index contributed by atoms with van der Waals surface area (Å²) in [6.45, 7) is 7.95. The second kappa shape index (κ2) is 9.72. The molecule has 0 saturated heterocycles. The van der Waals surface area contributed by atoms with Crippen molar-refractivity contribution in [3.05, 3.63) is 76.6 Å². The largest absolute Gasteiger partial charge is 0.388 e. The average Bonchev–Trinajstić information content (AvgIpc) is 2.84. The second-order valence-corrected chi connectivity index (χ2v) is 7.30. The summed E-state index contributed by atoms with van der Waals surface area (Å²) in [6.07, 6.45) is 1.72. The van der Waals surface area contributed by atoms with Crippen LogP contribution in [0, 0.1) is 0 Å². The van der Waals surface area contributed by atoms with Crippen LogP contribution in [0.5, 0.6) is 0 Å². The fraction of sp³-hybridized carbons (Fsp3) is 0.304. The monoisotopic (exact) mass is 410 g/mol. The minimum Gasteiger partial charge on any atom is -0.388 e. The van der Waals surface area contributed by atoms with Gasteiger partial charge in [-0.3, -0.25) is 4.79 Å². The van der Waals surface area contributed by atoms with Crippen LogP contribution in [0.1, 0.15) is 25.0 Å². The molecule has 1 N–H and O–H groups in total. The van der Waals surface area contributed by atoms with Crippen molar-refractivity contribution in [2.24, 2.45) is 4.99 Å². The van der Waals surface area contributed by atoms with Crippen molar-refractivity contribution in [2.45, 2.75) is 13.8 Å². The van der Waals surface area contributed by atoms with E-state index in [1.807, 2.05) is 42.5 Å². The maximum atomic E-state index is 13.1. The molecule has 0 unspecified atom stereocenters. The van der Waals surface area contributed by atoms with E-state index in [0.29, 0.717) is 10.7 Å². The van der Waals surface area contributed by atoms with Gasteiger partial charge < -0.3 is 15.1 Å². The first kappa shape index (κ1) is 21.1. The van der Waals surface area contributed by atoms with Crippen LogP contribution >= 0.6 is 11.6 Å². The molecule has 6 heteroatoms. The standard InChI is InChI=1S/C23H27ClN4O/c1-4-28(5-2)14-13-25-16-20-23(29)27(3)21-12-11-18(24)15-19(21)22(26-20)17-9-7-6-8-10-17/h6-12,15-16,25H,4-5,13-14H2,1-3H3. The lowest BCUT2D eigenvalue weighted by atomic mass is 10.0. The normalized spacial score (nSPS) is 15.3. The number of nitrogens with zero attached hydrogens (tertiary/aromatic N) is 3. The van der Waals surface area contributed by atoms with Gasteiger partial charge in [-0.25, -0.2) is 4.99 Å². The summed E-state index contributed by atoms with van der Waals surface area (Å²) >= 11 is 6.27. The number of rotatable bonds is 7. The Morgan fingerprint density at radius 2 is 1.86 bits per heavy atom. The lowest BCUT2D eigenvalue weighted by Crippen LogP contribution is -2.31. The van der Waals surface area contributed by atoms with Crippen LogP contribution in [-0.4, -0.2) is 49.7 Å². The fourth-order valence-electron chi connectivity index (χ4n) is 3.34. The summed E-state index contributed by atoms with van der Waals surface area (Å²) in [4.78, 5) is 21.8. The predicted octanol–water partition coefficient (Wildman–Crippen LogP) is 3.93. The number of fused-ring (bicyclic) bond motifs is 1. The third-order valence-electron chi connectivity index (χ3n) is 5.08. The molecule has 0 aromatic heterocycles. The Hall–Kier alpha value is -2.63. The van der Waals surface area contributed by atoms with Gasteiger partial charge in [-0.2, -0.15) is 0 Å². The summed E-state index contributed by atoms with van der Waals surface area (Å²) < 4.78 is 0. The van der Waals surface area contributed by atoms with Gasteiger partial charge in [0.25, 0.3) is 5.91 Å². The molecule has 29 heavy (non-hydrogen) atoms. The van der Waals surface area contributed by atoms with Gasteiger partial charge in [0.1, 0.15) is 5.70 Å². The summed E-state index contributed by atoms with van der Waals surface area (Å²) in [7, 11) is 1.77. The Morgan fingerprint density at radius 3 is 2.55 bits per heavy atom. The van der Waals surface area contributed by atoms with Gasteiger partial charge in [0, 0.05) is 42.5 Å². The number of carbonyl (C=O) groups is 1. The number of hydrogen-bond acceptors (Lipinski definition) is 4. The van der Waals surface area contributed by atoms with E-state index in [1.165, 1.54) is 0 Å².